The maximum atomic E-state index is 12.7. The first-order valence-corrected chi connectivity index (χ1v) is 8.22. The van der Waals surface area contributed by atoms with Gasteiger partial charge in [0.25, 0.3) is 0 Å². The van der Waals surface area contributed by atoms with Crippen molar-refractivity contribution in [2.75, 3.05) is 6.54 Å². The van der Waals surface area contributed by atoms with Gasteiger partial charge in [0.15, 0.2) is 0 Å². The Morgan fingerprint density at radius 3 is 2.86 bits per heavy atom. The van der Waals surface area contributed by atoms with Crippen molar-refractivity contribution >= 4 is 38.8 Å². The molecule has 0 amide bonds. The molecule has 112 valence electrons. The highest BCUT2D eigenvalue weighted by Gasteiger charge is 2.44. The quantitative estimate of drug-likeness (QED) is 0.806. The fourth-order valence-corrected chi connectivity index (χ4v) is 4.78. The molecule has 3 rings (SSSR count). The zero-order valence-electron chi connectivity index (χ0n) is 10.6. The van der Waals surface area contributed by atoms with Crippen LogP contribution in [0.5, 0.6) is 0 Å². The minimum atomic E-state index is -4.07. The van der Waals surface area contributed by atoms with Crippen LogP contribution >= 0.6 is 11.7 Å². The molecule has 2 unspecified atom stereocenters. The van der Waals surface area contributed by atoms with Crippen molar-refractivity contribution in [3.8, 4) is 0 Å². The van der Waals surface area contributed by atoms with E-state index in [0.29, 0.717) is 5.52 Å². The molecular formula is C11H11N3O5S2. The summed E-state index contributed by atoms with van der Waals surface area (Å²) in [7, 11) is -4.07. The number of benzene rings is 1. The molecule has 21 heavy (non-hydrogen) atoms. The van der Waals surface area contributed by atoms with E-state index < -0.39 is 28.1 Å². The third-order valence-corrected chi connectivity index (χ3v) is 5.80. The van der Waals surface area contributed by atoms with Crippen molar-refractivity contribution in [2.24, 2.45) is 0 Å². The van der Waals surface area contributed by atoms with Gasteiger partial charge in [-0.25, -0.2) is 8.42 Å². The van der Waals surface area contributed by atoms with Crippen molar-refractivity contribution in [1.82, 2.24) is 13.1 Å². The number of carboxylic acids is 1. The number of β-amino-alcohol motifs (C(OH)–C–C–N with tert-alkyl or cyclic N) is 1. The zero-order valence-corrected chi connectivity index (χ0v) is 12.2. The number of sulfonamides is 1. The summed E-state index contributed by atoms with van der Waals surface area (Å²) in [6, 6.07) is 3.25. The number of aliphatic hydroxyl groups excluding tert-OH is 1. The summed E-state index contributed by atoms with van der Waals surface area (Å²) in [4.78, 5) is 11.1. The number of hydrogen-bond acceptors (Lipinski definition) is 7. The Kier molecular flexibility index (Phi) is 3.40. The standard InChI is InChI=1S/C11H11N3O5S2/c15-6-4-8(11(16)17)14(5-6)21(18,19)9-3-1-2-7-10(9)13-20-12-7/h1-3,6,8,15H,4-5H2,(H,16,17). The number of aliphatic hydroxyl groups is 1. The van der Waals surface area contributed by atoms with Crippen molar-refractivity contribution in [3.63, 3.8) is 0 Å². The average molecular weight is 329 g/mol. The van der Waals surface area contributed by atoms with Gasteiger partial charge in [-0.3, -0.25) is 4.79 Å². The van der Waals surface area contributed by atoms with E-state index >= 15 is 0 Å². The van der Waals surface area contributed by atoms with Gasteiger partial charge in [0.2, 0.25) is 10.0 Å². The second-order valence-electron chi connectivity index (χ2n) is 4.71. The predicted molar refractivity (Wildman–Crippen MR) is 73.4 cm³/mol. The molecule has 8 nitrogen and oxygen atoms in total. The second kappa shape index (κ2) is 4.98. The van der Waals surface area contributed by atoms with E-state index in [1.54, 1.807) is 6.07 Å². The average Bonchev–Trinajstić information content (AvgIpc) is 3.03. The molecule has 2 N–H and O–H groups in total. The molecular weight excluding hydrogens is 318 g/mol. The molecule has 2 aromatic rings. The Hall–Kier alpha value is -1.62. The third kappa shape index (κ3) is 2.29. The number of rotatable bonds is 3. The topological polar surface area (TPSA) is 121 Å². The smallest absolute Gasteiger partial charge is 0.322 e. The molecule has 0 saturated carbocycles. The lowest BCUT2D eigenvalue weighted by atomic mass is 10.2. The van der Waals surface area contributed by atoms with Gasteiger partial charge in [-0.05, 0) is 12.1 Å². The number of carbonyl (C=O) groups is 1. The van der Waals surface area contributed by atoms with Gasteiger partial charge in [-0.15, -0.1) is 0 Å². The Labute approximate surface area is 124 Å². The predicted octanol–water partition coefficient (Wildman–Crippen LogP) is -0.100. The van der Waals surface area contributed by atoms with Crippen LogP contribution in [0, 0.1) is 0 Å². The SMILES string of the molecule is O=C(O)C1CC(O)CN1S(=O)(=O)c1cccc2nsnc12. The van der Waals surface area contributed by atoms with Crippen LogP contribution in [-0.4, -0.2) is 56.3 Å². The summed E-state index contributed by atoms with van der Waals surface area (Å²) in [5, 5.41) is 18.7. The van der Waals surface area contributed by atoms with E-state index in [9.17, 15) is 18.3 Å². The highest BCUT2D eigenvalue weighted by molar-refractivity contribution is 7.89. The molecule has 2 heterocycles. The number of hydrogen-bond donors (Lipinski definition) is 2. The molecule has 1 aliphatic heterocycles. The Balaban J connectivity index is 2.12. The van der Waals surface area contributed by atoms with Crippen LogP contribution in [0.1, 0.15) is 6.42 Å². The summed E-state index contributed by atoms with van der Waals surface area (Å²) >= 11 is 0.885. The van der Waals surface area contributed by atoms with Crippen LogP contribution in [0.3, 0.4) is 0 Å². The summed E-state index contributed by atoms with van der Waals surface area (Å²) in [5.41, 5.74) is 0.653. The van der Waals surface area contributed by atoms with E-state index in [4.69, 9.17) is 5.11 Å². The van der Waals surface area contributed by atoms with Crippen LogP contribution in [0.15, 0.2) is 23.1 Å². The van der Waals surface area contributed by atoms with Gasteiger partial charge in [0, 0.05) is 13.0 Å². The molecule has 1 aromatic heterocycles. The van der Waals surface area contributed by atoms with Crippen LogP contribution in [-0.2, 0) is 14.8 Å². The minimum absolute atomic E-state index is 0.0888. The molecule has 0 radical (unpaired) electrons. The van der Waals surface area contributed by atoms with E-state index in [-0.39, 0.29) is 23.4 Å². The highest BCUT2D eigenvalue weighted by atomic mass is 32.2. The van der Waals surface area contributed by atoms with Gasteiger partial charge < -0.3 is 10.2 Å². The fourth-order valence-electron chi connectivity index (χ4n) is 2.39. The monoisotopic (exact) mass is 329 g/mol. The third-order valence-electron chi connectivity index (χ3n) is 3.35. The number of aromatic nitrogens is 2. The fraction of sp³-hybridized carbons (Fsp3) is 0.364. The molecule has 1 aromatic carbocycles. The summed E-state index contributed by atoms with van der Waals surface area (Å²) in [6.45, 7) is -0.243. The Bertz CT molecular complexity index is 803. The number of fused-ring (bicyclic) bond motifs is 1. The molecule has 1 fully saturated rings. The number of aliphatic carboxylic acids is 1. The molecule has 10 heteroatoms. The molecule has 2 atom stereocenters. The number of carboxylic acid groups (broad SMARTS) is 1. The van der Waals surface area contributed by atoms with Crippen LogP contribution in [0.2, 0.25) is 0 Å². The van der Waals surface area contributed by atoms with Crippen LogP contribution in [0.4, 0.5) is 0 Å². The van der Waals surface area contributed by atoms with Gasteiger partial charge >= 0.3 is 5.97 Å². The minimum Gasteiger partial charge on any atom is -0.480 e. The van der Waals surface area contributed by atoms with E-state index in [2.05, 4.69) is 8.75 Å². The molecule has 0 spiro atoms. The van der Waals surface area contributed by atoms with Crippen LogP contribution in [0.25, 0.3) is 11.0 Å². The summed E-state index contributed by atoms with van der Waals surface area (Å²) in [6.07, 6.45) is -1.12. The lowest BCUT2D eigenvalue weighted by molar-refractivity contribution is -0.140. The molecule has 1 saturated heterocycles. The maximum Gasteiger partial charge on any atom is 0.322 e. The molecule has 0 aliphatic carbocycles. The first kappa shape index (κ1) is 14.3. The lowest BCUT2D eigenvalue weighted by Gasteiger charge is -2.20. The molecule has 0 bridgehead atoms. The first-order valence-electron chi connectivity index (χ1n) is 6.05. The van der Waals surface area contributed by atoms with Crippen LogP contribution < -0.4 is 0 Å². The van der Waals surface area contributed by atoms with Crippen molar-refractivity contribution in [1.29, 1.82) is 0 Å². The zero-order chi connectivity index (χ0) is 15.2. The number of nitrogens with zero attached hydrogens (tertiary/aromatic N) is 3. The van der Waals surface area contributed by atoms with E-state index in [1.807, 2.05) is 0 Å². The maximum absolute atomic E-state index is 12.7. The normalized spacial score (nSPS) is 23.7. The van der Waals surface area contributed by atoms with Crippen molar-refractivity contribution in [3.05, 3.63) is 18.2 Å². The van der Waals surface area contributed by atoms with Gasteiger partial charge in [0.05, 0.1) is 17.8 Å². The lowest BCUT2D eigenvalue weighted by Crippen LogP contribution is -2.40. The van der Waals surface area contributed by atoms with Gasteiger partial charge in [-0.2, -0.15) is 13.1 Å². The van der Waals surface area contributed by atoms with Crippen molar-refractivity contribution in [2.45, 2.75) is 23.5 Å². The second-order valence-corrected chi connectivity index (χ2v) is 7.09. The Morgan fingerprint density at radius 1 is 1.38 bits per heavy atom. The van der Waals surface area contributed by atoms with Crippen molar-refractivity contribution < 1.29 is 23.4 Å². The Morgan fingerprint density at radius 2 is 2.14 bits per heavy atom. The van der Waals surface area contributed by atoms with E-state index in [1.165, 1.54) is 12.1 Å². The van der Waals surface area contributed by atoms with Gasteiger partial charge in [0.1, 0.15) is 22.0 Å². The van der Waals surface area contributed by atoms with E-state index in [0.717, 1.165) is 16.0 Å². The summed E-state index contributed by atoms with van der Waals surface area (Å²) in [5.74, 6) is -1.28. The van der Waals surface area contributed by atoms with Gasteiger partial charge in [-0.1, -0.05) is 6.07 Å². The largest absolute Gasteiger partial charge is 0.480 e. The summed E-state index contributed by atoms with van der Waals surface area (Å²) < 4.78 is 34.1. The molecule has 1 aliphatic rings. The highest BCUT2D eigenvalue weighted by Crippen LogP contribution is 2.30. The first-order chi connectivity index (χ1) is 9.91.